The van der Waals surface area contributed by atoms with Gasteiger partial charge in [0.2, 0.25) is 0 Å². The Morgan fingerprint density at radius 2 is 1.96 bits per heavy atom. The summed E-state index contributed by atoms with van der Waals surface area (Å²) >= 11 is 0. The highest BCUT2D eigenvalue weighted by Gasteiger charge is 2.32. The number of ether oxygens (including phenoxy) is 2. The van der Waals surface area contributed by atoms with Crippen molar-refractivity contribution in [3.8, 4) is 23.0 Å². The van der Waals surface area contributed by atoms with Crippen molar-refractivity contribution in [3.05, 3.63) is 47.0 Å². The largest absolute Gasteiger partial charge is 0.508 e. The smallest absolute Gasteiger partial charge is 0.135 e. The average molecular weight is 341 g/mol. The second-order valence-electron chi connectivity index (χ2n) is 6.70. The van der Waals surface area contributed by atoms with E-state index in [1.165, 1.54) is 0 Å². The Kier molecular flexibility index (Phi) is 4.17. The summed E-state index contributed by atoms with van der Waals surface area (Å²) < 4.78 is 11.9. The minimum Gasteiger partial charge on any atom is -0.508 e. The quantitative estimate of drug-likeness (QED) is 0.796. The molecule has 2 aliphatic rings. The molecule has 0 amide bonds. The van der Waals surface area contributed by atoms with Crippen LogP contribution in [0.1, 0.15) is 48.1 Å². The summed E-state index contributed by atoms with van der Waals surface area (Å²) in [5.41, 5.74) is 2.90. The lowest BCUT2D eigenvalue weighted by Crippen LogP contribution is -2.21. The van der Waals surface area contributed by atoms with Crippen LogP contribution in [0.3, 0.4) is 0 Å². The Morgan fingerprint density at radius 3 is 2.64 bits per heavy atom. The average Bonchev–Trinajstić information content (AvgIpc) is 3.16. The van der Waals surface area contributed by atoms with Crippen molar-refractivity contribution in [3.63, 3.8) is 0 Å². The first kappa shape index (κ1) is 16.1. The Morgan fingerprint density at radius 1 is 1.16 bits per heavy atom. The van der Waals surface area contributed by atoms with Crippen LogP contribution < -0.4 is 14.8 Å². The van der Waals surface area contributed by atoms with Crippen LogP contribution in [0.5, 0.6) is 23.0 Å². The first-order chi connectivity index (χ1) is 12.2. The van der Waals surface area contributed by atoms with Gasteiger partial charge in [-0.15, -0.1) is 0 Å². The van der Waals surface area contributed by atoms with Crippen molar-refractivity contribution in [2.75, 3.05) is 13.7 Å². The molecule has 1 fully saturated rings. The maximum Gasteiger partial charge on any atom is 0.135 e. The van der Waals surface area contributed by atoms with Crippen molar-refractivity contribution in [2.24, 2.45) is 0 Å². The second-order valence-corrected chi connectivity index (χ2v) is 6.70. The molecule has 3 N–H and O–H groups in total. The normalized spacial score (nSPS) is 22.3. The summed E-state index contributed by atoms with van der Waals surface area (Å²) in [5, 5.41) is 23.4. The number of benzene rings is 2. The van der Waals surface area contributed by atoms with E-state index >= 15 is 0 Å². The van der Waals surface area contributed by atoms with Crippen LogP contribution in [0.2, 0.25) is 0 Å². The van der Waals surface area contributed by atoms with Crippen molar-refractivity contribution in [1.82, 2.24) is 5.32 Å². The van der Waals surface area contributed by atoms with Gasteiger partial charge in [0.1, 0.15) is 29.1 Å². The number of nitrogens with one attached hydrogen (secondary N) is 1. The van der Waals surface area contributed by atoms with Crippen LogP contribution in [0, 0.1) is 0 Å². The van der Waals surface area contributed by atoms with Gasteiger partial charge in [-0.3, -0.25) is 0 Å². The lowest BCUT2D eigenvalue weighted by molar-refractivity contribution is 0.170. The standard InChI is InChI=1S/C20H23NO4/c1-24-18-11-16(23)14-8-9-17(12-4-6-13(22)7-5-12)25-20(14)19(18)15-3-2-10-21-15/h4-7,11,15,17,21-23H,2-3,8-10H2,1H3/t15-,17+/m0/s1. The molecule has 2 atom stereocenters. The summed E-state index contributed by atoms with van der Waals surface area (Å²) in [6.07, 6.45) is 3.58. The molecule has 4 rings (SSSR count). The minimum atomic E-state index is -0.0974. The van der Waals surface area contributed by atoms with E-state index in [2.05, 4.69) is 5.32 Å². The van der Waals surface area contributed by atoms with Gasteiger partial charge in [-0.2, -0.15) is 0 Å². The molecule has 2 aromatic carbocycles. The van der Waals surface area contributed by atoms with Gasteiger partial charge in [-0.05, 0) is 49.9 Å². The molecule has 2 heterocycles. The molecule has 0 unspecified atom stereocenters. The number of phenols is 2. The summed E-state index contributed by atoms with van der Waals surface area (Å²) in [4.78, 5) is 0. The lowest BCUT2D eigenvalue weighted by Gasteiger charge is -2.31. The molecule has 0 bridgehead atoms. The molecular weight excluding hydrogens is 318 g/mol. The zero-order chi connectivity index (χ0) is 17.4. The molecule has 0 saturated carbocycles. The molecule has 2 aromatic rings. The van der Waals surface area contributed by atoms with E-state index in [9.17, 15) is 10.2 Å². The Balaban J connectivity index is 1.76. The van der Waals surface area contributed by atoms with Gasteiger partial charge in [-0.25, -0.2) is 0 Å². The fourth-order valence-electron chi connectivity index (χ4n) is 3.89. The van der Waals surface area contributed by atoms with E-state index in [1.54, 1.807) is 25.3 Å². The number of phenolic OH excluding ortho intramolecular Hbond substituents is 2. The van der Waals surface area contributed by atoms with E-state index in [-0.39, 0.29) is 23.6 Å². The highest BCUT2D eigenvalue weighted by molar-refractivity contribution is 5.59. The minimum absolute atomic E-state index is 0.0974. The molecule has 2 aliphatic heterocycles. The number of fused-ring (bicyclic) bond motifs is 1. The van der Waals surface area contributed by atoms with Crippen LogP contribution >= 0.6 is 0 Å². The van der Waals surface area contributed by atoms with Crippen molar-refractivity contribution >= 4 is 0 Å². The maximum absolute atomic E-state index is 10.4. The first-order valence-electron chi connectivity index (χ1n) is 8.79. The van der Waals surface area contributed by atoms with E-state index in [1.807, 2.05) is 12.1 Å². The predicted molar refractivity (Wildman–Crippen MR) is 94.4 cm³/mol. The zero-order valence-corrected chi connectivity index (χ0v) is 14.3. The molecule has 0 aromatic heterocycles. The van der Waals surface area contributed by atoms with Gasteiger partial charge in [0.05, 0.1) is 12.7 Å². The summed E-state index contributed by atoms with van der Waals surface area (Å²) in [7, 11) is 1.62. The number of hydrogen-bond acceptors (Lipinski definition) is 5. The predicted octanol–water partition coefficient (Wildman–Crippen LogP) is 3.60. The van der Waals surface area contributed by atoms with Gasteiger partial charge in [-0.1, -0.05) is 12.1 Å². The molecule has 0 radical (unpaired) electrons. The number of aromatic hydroxyl groups is 2. The van der Waals surface area contributed by atoms with Gasteiger partial charge >= 0.3 is 0 Å². The molecular formula is C20H23NO4. The monoisotopic (exact) mass is 341 g/mol. The molecule has 5 heteroatoms. The Hall–Kier alpha value is -2.40. The molecule has 25 heavy (non-hydrogen) atoms. The summed E-state index contributed by atoms with van der Waals surface area (Å²) in [5.74, 6) is 1.90. The maximum atomic E-state index is 10.4. The zero-order valence-electron chi connectivity index (χ0n) is 14.3. The highest BCUT2D eigenvalue weighted by Crippen LogP contribution is 2.49. The third-order valence-electron chi connectivity index (χ3n) is 5.17. The van der Waals surface area contributed by atoms with Crippen molar-refractivity contribution in [1.29, 1.82) is 0 Å². The van der Waals surface area contributed by atoms with Crippen molar-refractivity contribution in [2.45, 2.75) is 37.8 Å². The Labute approximate surface area is 147 Å². The molecule has 0 spiro atoms. The van der Waals surface area contributed by atoms with E-state index in [0.717, 1.165) is 54.7 Å². The molecule has 5 nitrogen and oxygen atoms in total. The van der Waals surface area contributed by atoms with Gasteiger partial charge in [0.15, 0.2) is 0 Å². The van der Waals surface area contributed by atoms with E-state index in [4.69, 9.17) is 9.47 Å². The van der Waals surface area contributed by atoms with Crippen LogP contribution in [-0.4, -0.2) is 23.9 Å². The van der Waals surface area contributed by atoms with Gasteiger partial charge < -0.3 is 25.0 Å². The van der Waals surface area contributed by atoms with Crippen molar-refractivity contribution < 1.29 is 19.7 Å². The van der Waals surface area contributed by atoms with Crippen LogP contribution in [0.4, 0.5) is 0 Å². The van der Waals surface area contributed by atoms with E-state index in [0.29, 0.717) is 5.75 Å². The van der Waals surface area contributed by atoms with Gasteiger partial charge in [0.25, 0.3) is 0 Å². The number of rotatable bonds is 3. The fourth-order valence-corrected chi connectivity index (χ4v) is 3.89. The SMILES string of the molecule is COc1cc(O)c2c(c1[C@@H]1CCCN1)O[C@@H](c1ccc(O)cc1)CC2. The van der Waals surface area contributed by atoms with Crippen LogP contribution in [0.25, 0.3) is 0 Å². The molecule has 1 saturated heterocycles. The third-order valence-corrected chi connectivity index (χ3v) is 5.17. The Bertz CT molecular complexity index is 766. The second kappa shape index (κ2) is 6.48. The third kappa shape index (κ3) is 2.89. The number of hydrogen-bond donors (Lipinski definition) is 3. The first-order valence-corrected chi connectivity index (χ1v) is 8.79. The topological polar surface area (TPSA) is 71.0 Å². The highest BCUT2D eigenvalue weighted by atomic mass is 16.5. The summed E-state index contributed by atoms with van der Waals surface area (Å²) in [6.45, 7) is 0.977. The lowest BCUT2D eigenvalue weighted by atomic mass is 9.91. The van der Waals surface area contributed by atoms with Gasteiger partial charge in [0, 0.05) is 17.7 Å². The molecule has 0 aliphatic carbocycles. The van der Waals surface area contributed by atoms with E-state index < -0.39 is 0 Å². The fraction of sp³-hybridized carbons (Fsp3) is 0.400. The van der Waals surface area contributed by atoms with Crippen LogP contribution in [-0.2, 0) is 6.42 Å². The van der Waals surface area contributed by atoms with Crippen LogP contribution in [0.15, 0.2) is 30.3 Å². The molecule has 132 valence electrons. The summed E-state index contributed by atoms with van der Waals surface area (Å²) in [6, 6.07) is 9.02. The number of methoxy groups -OCH3 is 1.